The summed E-state index contributed by atoms with van der Waals surface area (Å²) < 4.78 is 15.0. The molecular formula is C24H25ClFN5O2S. The average molecular weight is 502 g/mol. The topological polar surface area (TPSA) is 103 Å². The van der Waals surface area contributed by atoms with Gasteiger partial charge in [0.15, 0.2) is 0 Å². The molecule has 4 aromatic rings. The Kier molecular flexibility index (Phi) is 7.89. The Morgan fingerprint density at radius 1 is 1.09 bits per heavy atom. The van der Waals surface area contributed by atoms with Crippen LogP contribution in [0.1, 0.15) is 25.3 Å². The van der Waals surface area contributed by atoms with Gasteiger partial charge >= 0.3 is 0 Å². The fourth-order valence-electron chi connectivity index (χ4n) is 3.50. The number of thiazole rings is 1. The van der Waals surface area contributed by atoms with Crippen LogP contribution in [-0.2, 0) is 6.54 Å². The van der Waals surface area contributed by atoms with Crippen molar-refractivity contribution in [2.75, 3.05) is 17.2 Å². The van der Waals surface area contributed by atoms with Gasteiger partial charge < -0.3 is 20.8 Å². The van der Waals surface area contributed by atoms with Gasteiger partial charge in [0.05, 0.1) is 15.8 Å². The highest BCUT2D eigenvalue weighted by Gasteiger charge is 2.22. The Morgan fingerprint density at radius 2 is 1.85 bits per heavy atom. The molecule has 0 unspecified atom stereocenters. The Bertz CT molecular complexity index is 1230. The van der Waals surface area contributed by atoms with E-state index < -0.39 is 6.23 Å². The van der Waals surface area contributed by atoms with Gasteiger partial charge in [0.1, 0.15) is 28.0 Å². The van der Waals surface area contributed by atoms with Gasteiger partial charge in [-0.05, 0) is 30.5 Å². The molecule has 2 heterocycles. The van der Waals surface area contributed by atoms with Crippen LogP contribution < -0.4 is 10.6 Å². The minimum absolute atomic E-state index is 0.0278. The van der Waals surface area contributed by atoms with Crippen molar-refractivity contribution in [3.63, 3.8) is 0 Å². The van der Waals surface area contributed by atoms with Gasteiger partial charge in [-0.1, -0.05) is 55.3 Å². The summed E-state index contributed by atoms with van der Waals surface area (Å²) in [5.41, 5.74) is 1.74. The first kappa shape index (κ1) is 24.3. The number of fused-ring (bicyclic) bond motifs is 1. The van der Waals surface area contributed by atoms with Crippen molar-refractivity contribution in [1.29, 1.82) is 0 Å². The summed E-state index contributed by atoms with van der Waals surface area (Å²) in [4.78, 5) is 13.5. The van der Waals surface area contributed by atoms with Crippen molar-refractivity contribution in [3.8, 4) is 10.6 Å². The van der Waals surface area contributed by atoms with Crippen molar-refractivity contribution in [3.05, 3.63) is 65.1 Å². The van der Waals surface area contributed by atoms with Gasteiger partial charge in [0.2, 0.25) is 5.95 Å². The Morgan fingerprint density at radius 3 is 2.59 bits per heavy atom. The number of aliphatic hydroxyl groups is 2. The van der Waals surface area contributed by atoms with Crippen molar-refractivity contribution in [2.45, 2.75) is 32.5 Å². The first-order chi connectivity index (χ1) is 16.5. The molecule has 0 fully saturated rings. The molecule has 2 aromatic heterocycles. The Labute approximate surface area is 205 Å². The fourth-order valence-corrected chi connectivity index (χ4v) is 4.83. The summed E-state index contributed by atoms with van der Waals surface area (Å²) in [7, 11) is 0. The third kappa shape index (κ3) is 5.61. The minimum Gasteiger partial charge on any atom is -0.396 e. The van der Waals surface area contributed by atoms with E-state index in [2.05, 4.69) is 25.6 Å². The van der Waals surface area contributed by atoms with Gasteiger partial charge in [0, 0.05) is 18.7 Å². The lowest BCUT2D eigenvalue weighted by molar-refractivity contribution is 0.132. The molecule has 0 amide bonds. The zero-order chi connectivity index (χ0) is 24.1. The van der Waals surface area contributed by atoms with Crippen LogP contribution in [0.5, 0.6) is 0 Å². The summed E-state index contributed by atoms with van der Waals surface area (Å²) in [6.45, 7) is 2.08. The number of benzene rings is 2. The predicted octanol–water partition coefficient (Wildman–Crippen LogP) is 5.30. The summed E-state index contributed by atoms with van der Waals surface area (Å²) in [6, 6.07) is 14.1. The van der Waals surface area contributed by atoms with E-state index in [1.165, 1.54) is 17.4 Å². The zero-order valence-corrected chi connectivity index (χ0v) is 20.1. The molecule has 10 heteroatoms. The number of aliphatic hydroxyl groups excluding tert-OH is 2. The Hall–Kier alpha value is -2.85. The van der Waals surface area contributed by atoms with E-state index in [4.69, 9.17) is 11.6 Å². The second-order valence-electron chi connectivity index (χ2n) is 7.85. The minimum atomic E-state index is -0.976. The molecule has 0 aliphatic heterocycles. The summed E-state index contributed by atoms with van der Waals surface area (Å²) >= 11 is 8.03. The molecule has 7 nitrogen and oxygen atoms in total. The molecule has 0 radical (unpaired) electrons. The quantitative estimate of drug-likeness (QED) is 0.173. The highest BCUT2D eigenvalue weighted by Crippen LogP contribution is 2.38. The van der Waals surface area contributed by atoms with Crippen LogP contribution in [0.25, 0.3) is 20.8 Å². The molecular weight excluding hydrogens is 477 g/mol. The van der Waals surface area contributed by atoms with Gasteiger partial charge in [-0.25, -0.2) is 14.4 Å². The fraction of sp³-hybridized carbons (Fsp3) is 0.292. The number of hydrogen-bond donors (Lipinski definition) is 4. The monoisotopic (exact) mass is 501 g/mol. The smallest absolute Gasteiger partial charge is 0.226 e. The van der Waals surface area contributed by atoms with Crippen molar-refractivity contribution < 1.29 is 14.6 Å². The maximum absolute atomic E-state index is 14.0. The van der Waals surface area contributed by atoms with E-state index in [1.807, 2.05) is 31.2 Å². The number of halogens is 2. The van der Waals surface area contributed by atoms with Crippen molar-refractivity contribution >= 4 is 44.9 Å². The molecule has 0 bridgehead atoms. The molecule has 4 N–H and O–H groups in total. The van der Waals surface area contributed by atoms with E-state index in [9.17, 15) is 14.6 Å². The number of nitrogens with zero attached hydrogens (tertiary/aromatic N) is 3. The average Bonchev–Trinajstić information content (AvgIpc) is 3.25. The molecule has 2 atom stereocenters. The molecule has 34 heavy (non-hydrogen) atoms. The maximum Gasteiger partial charge on any atom is 0.226 e. The lowest BCUT2D eigenvalue weighted by Gasteiger charge is -2.20. The van der Waals surface area contributed by atoms with Gasteiger partial charge in [-0.15, -0.1) is 11.3 Å². The first-order valence-corrected chi connectivity index (χ1v) is 12.1. The highest BCUT2D eigenvalue weighted by atomic mass is 35.5. The SMILES string of the molecule is CC[C@H](CO)C[C@@H](O)Nc1nc(NCc2ccccc2F)nc(Cl)c1-c1nc2ccccc2s1. The third-order valence-electron chi connectivity index (χ3n) is 5.46. The standard InChI is InChI=1S/C24H25ClFN5O2S/c1-2-14(13-32)11-19(33)29-22-20(23-28-17-9-5-6-10-18(17)34-23)21(25)30-24(31-22)27-12-15-7-3-4-8-16(15)26/h3-10,14,19,32-33H,2,11-13H2,1H3,(H2,27,29,30,31)/t14-,19+/m0/s1. The molecule has 178 valence electrons. The van der Waals surface area contributed by atoms with Crippen LogP contribution in [0.15, 0.2) is 48.5 Å². The largest absolute Gasteiger partial charge is 0.396 e. The van der Waals surface area contributed by atoms with Crippen molar-refractivity contribution in [1.82, 2.24) is 15.0 Å². The number of anilines is 2. The summed E-state index contributed by atoms with van der Waals surface area (Å²) in [6.07, 6.45) is 0.0712. The number of aromatic nitrogens is 3. The van der Waals surface area contributed by atoms with Gasteiger partial charge in [0.25, 0.3) is 0 Å². The molecule has 0 saturated carbocycles. The number of para-hydroxylation sites is 1. The Balaban J connectivity index is 1.68. The van der Waals surface area contributed by atoms with Crippen LogP contribution in [-0.4, -0.2) is 38.0 Å². The van der Waals surface area contributed by atoms with E-state index in [1.54, 1.807) is 18.2 Å². The first-order valence-electron chi connectivity index (χ1n) is 10.9. The van der Waals surface area contributed by atoms with Crippen LogP contribution in [0.3, 0.4) is 0 Å². The molecule has 2 aromatic carbocycles. The van der Waals surface area contributed by atoms with Crippen LogP contribution in [0.2, 0.25) is 5.15 Å². The number of hydrogen-bond acceptors (Lipinski definition) is 8. The van der Waals surface area contributed by atoms with Crippen LogP contribution in [0, 0.1) is 11.7 Å². The van der Waals surface area contributed by atoms with Gasteiger partial charge in [-0.3, -0.25) is 0 Å². The van der Waals surface area contributed by atoms with Crippen LogP contribution in [0.4, 0.5) is 16.2 Å². The normalized spacial score (nSPS) is 13.1. The lowest BCUT2D eigenvalue weighted by Crippen LogP contribution is -2.25. The number of rotatable bonds is 10. The second-order valence-corrected chi connectivity index (χ2v) is 9.23. The number of nitrogens with one attached hydrogen (secondary N) is 2. The highest BCUT2D eigenvalue weighted by molar-refractivity contribution is 7.21. The molecule has 4 rings (SSSR count). The lowest BCUT2D eigenvalue weighted by atomic mass is 10.0. The zero-order valence-electron chi connectivity index (χ0n) is 18.5. The maximum atomic E-state index is 14.0. The van der Waals surface area contributed by atoms with Crippen molar-refractivity contribution in [2.24, 2.45) is 5.92 Å². The van der Waals surface area contributed by atoms with E-state index >= 15 is 0 Å². The second kappa shape index (κ2) is 11.1. The van der Waals surface area contributed by atoms with Crippen LogP contribution >= 0.6 is 22.9 Å². The molecule has 0 spiro atoms. The van der Waals surface area contributed by atoms with E-state index in [-0.39, 0.29) is 36.0 Å². The molecule has 0 aliphatic rings. The van der Waals surface area contributed by atoms with E-state index in [0.29, 0.717) is 28.4 Å². The molecule has 0 aliphatic carbocycles. The predicted molar refractivity (Wildman–Crippen MR) is 134 cm³/mol. The van der Waals surface area contributed by atoms with Gasteiger partial charge in [-0.2, -0.15) is 4.98 Å². The third-order valence-corrected chi connectivity index (χ3v) is 6.79. The van der Waals surface area contributed by atoms with E-state index in [0.717, 1.165) is 16.6 Å². The summed E-state index contributed by atoms with van der Waals surface area (Å²) in [5, 5.41) is 26.9. The molecule has 0 saturated heterocycles. The summed E-state index contributed by atoms with van der Waals surface area (Å²) in [5.74, 6) is 0.0809.